The number of aromatic nitrogens is 4. The molecule has 36 heavy (non-hydrogen) atoms. The second kappa shape index (κ2) is 9.76. The van der Waals surface area contributed by atoms with Crippen LogP contribution in [0, 0.1) is 0 Å². The molecule has 5 rings (SSSR count). The maximum absolute atomic E-state index is 11.5. The van der Waals surface area contributed by atoms with Crippen molar-refractivity contribution >= 4 is 21.4 Å². The lowest BCUT2D eigenvalue weighted by Gasteiger charge is -2.08. The van der Waals surface area contributed by atoms with Gasteiger partial charge in [-0.2, -0.15) is 5.10 Å². The number of rotatable bonds is 8. The number of hydrogen-bond donors (Lipinski definition) is 2. The average molecular weight is 501 g/mol. The van der Waals surface area contributed by atoms with Gasteiger partial charge in [0.05, 0.1) is 6.26 Å². The van der Waals surface area contributed by atoms with Gasteiger partial charge in [0.1, 0.15) is 29.9 Å². The zero-order chi connectivity index (χ0) is 25.1. The summed E-state index contributed by atoms with van der Waals surface area (Å²) in [5, 5.41) is 4.40. The molecule has 2 heterocycles. The highest BCUT2D eigenvalue weighted by Gasteiger charge is 2.19. The number of nitrogens with two attached hydrogens (primary N) is 1. The fraction of sp³-hybridized carbons (Fsp3) is 0.115. The van der Waals surface area contributed by atoms with E-state index in [1.54, 1.807) is 4.52 Å². The van der Waals surface area contributed by atoms with Gasteiger partial charge in [-0.3, -0.25) is 0 Å². The number of nitrogens with one attached hydrogen (secondary N) is 1. The standard InChI is InChI=1S/C26H24N6O3S/c1-36(33,34)30-15-19-9-5-11-21(13-19)26-31-23(24-25(27)28-17-29-32(24)26)20-10-6-12-22(14-20)35-16-18-7-3-2-4-8-18/h2-14,17,30H,15-16H2,1H3,(H2,27,28,29). The molecule has 0 atom stereocenters. The van der Waals surface area contributed by atoms with Gasteiger partial charge in [-0.05, 0) is 29.3 Å². The van der Waals surface area contributed by atoms with E-state index in [1.165, 1.54) is 6.33 Å². The number of benzene rings is 3. The van der Waals surface area contributed by atoms with Crippen LogP contribution in [0.4, 0.5) is 5.82 Å². The summed E-state index contributed by atoms with van der Waals surface area (Å²) in [7, 11) is -3.32. The summed E-state index contributed by atoms with van der Waals surface area (Å²) in [5.41, 5.74) is 10.9. The van der Waals surface area contributed by atoms with Crippen molar-refractivity contribution in [1.29, 1.82) is 0 Å². The molecule has 182 valence electrons. The van der Waals surface area contributed by atoms with E-state index in [-0.39, 0.29) is 6.54 Å². The van der Waals surface area contributed by atoms with E-state index in [9.17, 15) is 8.42 Å². The van der Waals surface area contributed by atoms with Gasteiger partial charge in [0, 0.05) is 17.7 Å². The second-order valence-electron chi connectivity index (χ2n) is 8.29. The molecule has 0 saturated carbocycles. The molecule has 9 nitrogen and oxygen atoms in total. The SMILES string of the molecule is CS(=O)(=O)NCc1cccc(-c2nc(-c3cccc(OCc4ccccc4)c3)c3c(N)ncnn23)c1. The Kier molecular flexibility index (Phi) is 6.36. The van der Waals surface area contributed by atoms with Gasteiger partial charge in [0.15, 0.2) is 11.6 Å². The Morgan fingerprint density at radius 3 is 2.50 bits per heavy atom. The first kappa shape index (κ1) is 23.5. The van der Waals surface area contributed by atoms with Crippen molar-refractivity contribution < 1.29 is 13.2 Å². The molecular formula is C26H24N6O3S. The first-order chi connectivity index (χ1) is 17.4. The zero-order valence-electron chi connectivity index (χ0n) is 19.5. The smallest absolute Gasteiger partial charge is 0.209 e. The van der Waals surface area contributed by atoms with Crippen LogP contribution in [0.1, 0.15) is 11.1 Å². The van der Waals surface area contributed by atoms with Crippen LogP contribution < -0.4 is 15.2 Å². The molecule has 2 aromatic heterocycles. The molecule has 0 saturated heterocycles. The van der Waals surface area contributed by atoms with E-state index in [4.69, 9.17) is 15.5 Å². The van der Waals surface area contributed by atoms with Crippen LogP contribution in [0.3, 0.4) is 0 Å². The van der Waals surface area contributed by atoms with Crippen LogP contribution in [0.25, 0.3) is 28.2 Å². The fourth-order valence-corrected chi connectivity index (χ4v) is 4.28. The van der Waals surface area contributed by atoms with Crippen molar-refractivity contribution in [3.05, 3.63) is 96.3 Å². The Morgan fingerprint density at radius 1 is 0.944 bits per heavy atom. The molecule has 5 aromatic rings. The van der Waals surface area contributed by atoms with Crippen LogP contribution in [0.5, 0.6) is 5.75 Å². The van der Waals surface area contributed by atoms with Gasteiger partial charge < -0.3 is 10.5 Å². The number of sulfonamides is 1. The molecule has 0 amide bonds. The first-order valence-electron chi connectivity index (χ1n) is 11.2. The van der Waals surface area contributed by atoms with Crippen LogP contribution in [-0.2, 0) is 23.2 Å². The summed E-state index contributed by atoms with van der Waals surface area (Å²) < 4.78 is 33.2. The van der Waals surface area contributed by atoms with Gasteiger partial charge in [0.25, 0.3) is 0 Å². The highest BCUT2D eigenvalue weighted by Crippen LogP contribution is 2.33. The summed E-state index contributed by atoms with van der Waals surface area (Å²) in [4.78, 5) is 9.06. The average Bonchev–Trinajstić information content (AvgIpc) is 3.28. The van der Waals surface area contributed by atoms with Crippen molar-refractivity contribution in [2.45, 2.75) is 13.2 Å². The van der Waals surface area contributed by atoms with Gasteiger partial charge in [-0.25, -0.2) is 27.6 Å². The monoisotopic (exact) mass is 500 g/mol. The lowest BCUT2D eigenvalue weighted by atomic mass is 10.1. The van der Waals surface area contributed by atoms with Crippen LogP contribution in [-0.4, -0.2) is 34.3 Å². The molecule has 0 fully saturated rings. The minimum Gasteiger partial charge on any atom is -0.489 e. The van der Waals surface area contributed by atoms with E-state index in [2.05, 4.69) is 14.8 Å². The highest BCUT2D eigenvalue weighted by atomic mass is 32.2. The van der Waals surface area contributed by atoms with E-state index < -0.39 is 10.0 Å². The van der Waals surface area contributed by atoms with Crippen molar-refractivity contribution in [3.63, 3.8) is 0 Å². The molecule has 3 aromatic carbocycles. The Hall–Kier alpha value is -4.28. The molecule has 0 aliphatic carbocycles. The van der Waals surface area contributed by atoms with Crippen molar-refractivity contribution in [2.75, 3.05) is 12.0 Å². The van der Waals surface area contributed by atoms with Crippen LogP contribution in [0.15, 0.2) is 85.2 Å². The topological polar surface area (TPSA) is 124 Å². The number of hydrogen-bond acceptors (Lipinski definition) is 7. The van der Waals surface area contributed by atoms with Crippen LogP contribution in [0.2, 0.25) is 0 Å². The maximum Gasteiger partial charge on any atom is 0.209 e. The Labute approximate surface area is 208 Å². The number of anilines is 1. The van der Waals surface area contributed by atoms with E-state index in [0.29, 0.717) is 35.2 Å². The van der Waals surface area contributed by atoms with Gasteiger partial charge in [0.2, 0.25) is 10.0 Å². The van der Waals surface area contributed by atoms with E-state index in [1.807, 2.05) is 78.9 Å². The molecule has 0 spiro atoms. The minimum absolute atomic E-state index is 0.167. The molecule has 10 heteroatoms. The predicted octanol–water partition coefficient (Wildman–Crippen LogP) is 3.67. The quantitative estimate of drug-likeness (QED) is 0.333. The lowest BCUT2D eigenvalue weighted by molar-refractivity contribution is 0.306. The number of nitrogens with zero attached hydrogens (tertiary/aromatic N) is 4. The zero-order valence-corrected chi connectivity index (χ0v) is 20.3. The van der Waals surface area contributed by atoms with E-state index >= 15 is 0 Å². The van der Waals surface area contributed by atoms with Gasteiger partial charge in [-0.1, -0.05) is 60.7 Å². The fourth-order valence-electron chi connectivity index (χ4n) is 3.85. The number of imidazole rings is 1. The summed E-state index contributed by atoms with van der Waals surface area (Å²) in [6, 6.07) is 25.0. The summed E-state index contributed by atoms with van der Waals surface area (Å²) in [5.74, 6) is 1.55. The molecular weight excluding hydrogens is 476 g/mol. The molecule has 0 bridgehead atoms. The van der Waals surface area contributed by atoms with Gasteiger partial charge in [-0.15, -0.1) is 0 Å². The Balaban J connectivity index is 1.52. The highest BCUT2D eigenvalue weighted by molar-refractivity contribution is 7.88. The maximum atomic E-state index is 11.5. The minimum atomic E-state index is -3.32. The lowest BCUT2D eigenvalue weighted by Crippen LogP contribution is -2.21. The summed E-state index contributed by atoms with van der Waals surface area (Å²) >= 11 is 0. The molecule has 3 N–H and O–H groups in total. The molecule has 0 radical (unpaired) electrons. The number of fused-ring (bicyclic) bond motifs is 1. The summed E-state index contributed by atoms with van der Waals surface area (Å²) in [6.45, 7) is 0.611. The normalized spacial score (nSPS) is 11.6. The Morgan fingerprint density at radius 2 is 1.69 bits per heavy atom. The molecule has 0 aliphatic heterocycles. The Bertz CT molecular complexity index is 1630. The molecule has 0 aliphatic rings. The molecule has 0 unspecified atom stereocenters. The summed E-state index contributed by atoms with van der Waals surface area (Å²) in [6.07, 6.45) is 2.51. The third kappa shape index (κ3) is 5.19. The largest absolute Gasteiger partial charge is 0.489 e. The third-order valence-corrected chi connectivity index (χ3v) is 6.21. The van der Waals surface area contributed by atoms with Crippen molar-refractivity contribution in [1.82, 2.24) is 24.3 Å². The third-order valence-electron chi connectivity index (χ3n) is 5.54. The van der Waals surface area contributed by atoms with Crippen molar-refractivity contribution in [2.24, 2.45) is 0 Å². The van der Waals surface area contributed by atoms with Crippen molar-refractivity contribution in [3.8, 4) is 28.4 Å². The first-order valence-corrected chi connectivity index (χ1v) is 13.1. The second-order valence-corrected chi connectivity index (χ2v) is 10.1. The van der Waals surface area contributed by atoms with E-state index in [0.717, 1.165) is 28.5 Å². The number of nitrogen functional groups attached to an aromatic ring is 1. The van der Waals surface area contributed by atoms with Gasteiger partial charge >= 0.3 is 0 Å². The van der Waals surface area contributed by atoms with Crippen LogP contribution >= 0.6 is 0 Å². The number of ether oxygens (including phenoxy) is 1. The predicted molar refractivity (Wildman–Crippen MR) is 139 cm³/mol.